The Morgan fingerprint density at radius 1 is 1.18 bits per heavy atom. The van der Waals surface area contributed by atoms with Crippen molar-refractivity contribution in [1.29, 1.82) is 0 Å². The molecule has 0 bridgehead atoms. The average molecular weight is 240 g/mol. The van der Waals surface area contributed by atoms with Crippen molar-refractivity contribution in [2.75, 3.05) is 19.6 Å². The summed E-state index contributed by atoms with van der Waals surface area (Å²) in [4.78, 5) is 2.77. The molecule has 17 heavy (non-hydrogen) atoms. The van der Waals surface area contributed by atoms with Crippen molar-refractivity contribution in [2.24, 2.45) is 5.92 Å². The summed E-state index contributed by atoms with van der Waals surface area (Å²) in [5.74, 6) is 0.893. The molecule has 0 aliphatic carbocycles. The summed E-state index contributed by atoms with van der Waals surface area (Å²) in [6.07, 6.45) is 6.58. The van der Waals surface area contributed by atoms with Crippen molar-refractivity contribution in [1.82, 2.24) is 10.2 Å². The van der Waals surface area contributed by atoms with Gasteiger partial charge in [-0.3, -0.25) is 4.90 Å². The van der Waals surface area contributed by atoms with E-state index in [1.54, 1.807) is 0 Å². The molecule has 1 aliphatic rings. The molecular weight excluding hydrogens is 208 g/mol. The van der Waals surface area contributed by atoms with Crippen LogP contribution in [-0.2, 0) is 0 Å². The smallest absolute Gasteiger partial charge is 0.0221 e. The van der Waals surface area contributed by atoms with Crippen molar-refractivity contribution in [3.8, 4) is 0 Å². The highest BCUT2D eigenvalue weighted by Crippen LogP contribution is 2.18. The van der Waals surface area contributed by atoms with Crippen molar-refractivity contribution >= 4 is 0 Å². The molecule has 0 aromatic heterocycles. The van der Waals surface area contributed by atoms with Crippen molar-refractivity contribution in [3.05, 3.63) is 0 Å². The van der Waals surface area contributed by atoms with Gasteiger partial charge < -0.3 is 5.32 Å². The minimum atomic E-state index is 0.720. The Bertz CT molecular complexity index is 189. The van der Waals surface area contributed by atoms with Gasteiger partial charge in [-0.2, -0.15) is 0 Å². The molecule has 1 rings (SSSR count). The fourth-order valence-corrected chi connectivity index (χ4v) is 2.92. The highest BCUT2D eigenvalue weighted by molar-refractivity contribution is 4.86. The van der Waals surface area contributed by atoms with E-state index in [4.69, 9.17) is 0 Å². The van der Waals surface area contributed by atoms with E-state index in [0.717, 1.165) is 18.0 Å². The van der Waals surface area contributed by atoms with Gasteiger partial charge >= 0.3 is 0 Å². The third kappa shape index (κ3) is 4.59. The second-order valence-electron chi connectivity index (χ2n) is 5.59. The molecule has 102 valence electrons. The van der Waals surface area contributed by atoms with Crippen molar-refractivity contribution in [2.45, 2.75) is 71.9 Å². The zero-order valence-corrected chi connectivity index (χ0v) is 12.3. The van der Waals surface area contributed by atoms with Gasteiger partial charge in [0, 0.05) is 31.7 Å². The molecule has 1 saturated heterocycles. The van der Waals surface area contributed by atoms with Gasteiger partial charge in [0.2, 0.25) is 0 Å². The Hall–Kier alpha value is -0.0800. The molecule has 2 atom stereocenters. The van der Waals surface area contributed by atoms with Gasteiger partial charge in [0.05, 0.1) is 0 Å². The highest BCUT2D eigenvalue weighted by atomic mass is 15.2. The van der Waals surface area contributed by atoms with Crippen LogP contribution in [0, 0.1) is 5.92 Å². The summed E-state index contributed by atoms with van der Waals surface area (Å²) in [5, 5.41) is 3.70. The lowest BCUT2D eigenvalue weighted by Crippen LogP contribution is -2.57. The molecule has 2 unspecified atom stereocenters. The molecule has 2 nitrogen and oxygen atoms in total. The van der Waals surface area contributed by atoms with Crippen LogP contribution in [0.5, 0.6) is 0 Å². The van der Waals surface area contributed by atoms with Crippen LogP contribution < -0.4 is 5.32 Å². The van der Waals surface area contributed by atoms with E-state index in [-0.39, 0.29) is 0 Å². The molecule has 1 aliphatic heterocycles. The molecule has 2 heteroatoms. The number of rotatable bonds is 7. The fourth-order valence-electron chi connectivity index (χ4n) is 2.92. The topological polar surface area (TPSA) is 15.3 Å². The van der Waals surface area contributed by atoms with Crippen LogP contribution in [0.25, 0.3) is 0 Å². The first kappa shape index (κ1) is 15.0. The third-order valence-corrected chi connectivity index (χ3v) is 4.38. The monoisotopic (exact) mass is 240 g/mol. The van der Waals surface area contributed by atoms with Crippen LogP contribution in [0.3, 0.4) is 0 Å². The summed E-state index contributed by atoms with van der Waals surface area (Å²) in [6.45, 7) is 13.1. The summed E-state index contributed by atoms with van der Waals surface area (Å²) in [6, 6.07) is 1.50. The maximum Gasteiger partial charge on any atom is 0.0221 e. The Morgan fingerprint density at radius 3 is 2.41 bits per heavy atom. The molecule has 0 saturated carbocycles. The van der Waals surface area contributed by atoms with Crippen LogP contribution in [0.15, 0.2) is 0 Å². The van der Waals surface area contributed by atoms with E-state index in [0.29, 0.717) is 0 Å². The summed E-state index contributed by atoms with van der Waals surface area (Å²) >= 11 is 0. The first-order chi connectivity index (χ1) is 8.24. The fraction of sp³-hybridized carbons (Fsp3) is 1.00. The van der Waals surface area contributed by atoms with E-state index in [9.17, 15) is 0 Å². The lowest BCUT2D eigenvalue weighted by Gasteiger charge is -2.41. The highest BCUT2D eigenvalue weighted by Gasteiger charge is 2.27. The molecule has 0 aromatic carbocycles. The molecule has 0 radical (unpaired) electrons. The number of nitrogens with zero attached hydrogens (tertiary/aromatic N) is 1. The van der Waals surface area contributed by atoms with Gasteiger partial charge in [0.15, 0.2) is 0 Å². The van der Waals surface area contributed by atoms with E-state index >= 15 is 0 Å². The minimum absolute atomic E-state index is 0.720. The van der Waals surface area contributed by atoms with Crippen LogP contribution >= 0.6 is 0 Å². The normalized spacial score (nSPS) is 26.6. The van der Waals surface area contributed by atoms with Crippen LogP contribution in [-0.4, -0.2) is 36.6 Å². The Balaban J connectivity index is 2.53. The van der Waals surface area contributed by atoms with Gasteiger partial charge in [-0.05, 0) is 18.8 Å². The SMILES string of the molecule is CCCC1CNC(CC)CN1CC(CC)CC. The third-order valence-electron chi connectivity index (χ3n) is 4.38. The lowest BCUT2D eigenvalue weighted by molar-refractivity contribution is 0.0997. The quantitative estimate of drug-likeness (QED) is 0.735. The van der Waals surface area contributed by atoms with Crippen LogP contribution in [0.2, 0.25) is 0 Å². The zero-order valence-electron chi connectivity index (χ0n) is 12.3. The first-order valence-corrected chi connectivity index (χ1v) is 7.72. The molecule has 0 spiro atoms. The summed E-state index contributed by atoms with van der Waals surface area (Å²) in [5.41, 5.74) is 0. The molecule has 1 fully saturated rings. The Kier molecular flexibility index (Phi) is 7.14. The molecular formula is C15H32N2. The van der Waals surface area contributed by atoms with E-state index in [2.05, 4.69) is 37.9 Å². The second kappa shape index (κ2) is 8.10. The zero-order chi connectivity index (χ0) is 12.7. The predicted octanol–water partition coefficient (Wildman–Crippen LogP) is 3.28. The standard InChI is InChI=1S/C15H32N2/c1-5-9-15-10-16-14(8-4)12-17(15)11-13(6-2)7-3/h13-16H,5-12H2,1-4H3. The van der Waals surface area contributed by atoms with Gasteiger partial charge in [0.25, 0.3) is 0 Å². The number of piperazine rings is 1. The maximum absolute atomic E-state index is 3.70. The first-order valence-electron chi connectivity index (χ1n) is 7.72. The lowest BCUT2D eigenvalue weighted by atomic mass is 9.98. The van der Waals surface area contributed by atoms with Gasteiger partial charge in [-0.25, -0.2) is 0 Å². The molecule has 1 N–H and O–H groups in total. The largest absolute Gasteiger partial charge is 0.311 e. The number of nitrogens with one attached hydrogen (secondary N) is 1. The molecule has 0 amide bonds. The Labute approximate surface area is 108 Å². The Morgan fingerprint density at radius 2 is 1.88 bits per heavy atom. The molecule has 0 aromatic rings. The van der Waals surface area contributed by atoms with E-state index < -0.39 is 0 Å². The van der Waals surface area contributed by atoms with Crippen molar-refractivity contribution in [3.63, 3.8) is 0 Å². The van der Waals surface area contributed by atoms with E-state index in [1.807, 2.05) is 0 Å². The maximum atomic E-state index is 3.70. The summed E-state index contributed by atoms with van der Waals surface area (Å²) < 4.78 is 0. The molecule has 1 heterocycles. The summed E-state index contributed by atoms with van der Waals surface area (Å²) in [7, 11) is 0. The van der Waals surface area contributed by atoms with Crippen LogP contribution in [0.4, 0.5) is 0 Å². The average Bonchev–Trinajstić information content (AvgIpc) is 2.37. The second-order valence-corrected chi connectivity index (χ2v) is 5.59. The predicted molar refractivity (Wildman–Crippen MR) is 76.4 cm³/mol. The van der Waals surface area contributed by atoms with Gasteiger partial charge in [0.1, 0.15) is 0 Å². The number of hydrogen-bond donors (Lipinski definition) is 1. The van der Waals surface area contributed by atoms with Gasteiger partial charge in [-0.1, -0.05) is 47.0 Å². The number of hydrogen-bond acceptors (Lipinski definition) is 2. The van der Waals surface area contributed by atoms with Crippen LogP contribution in [0.1, 0.15) is 59.8 Å². The van der Waals surface area contributed by atoms with E-state index in [1.165, 1.54) is 51.7 Å². The van der Waals surface area contributed by atoms with Gasteiger partial charge in [-0.15, -0.1) is 0 Å². The minimum Gasteiger partial charge on any atom is -0.311 e. The van der Waals surface area contributed by atoms with Crippen molar-refractivity contribution < 1.29 is 0 Å².